The lowest BCUT2D eigenvalue weighted by atomic mass is 10.2. The van der Waals surface area contributed by atoms with E-state index in [-0.39, 0.29) is 11.6 Å². The lowest BCUT2D eigenvalue weighted by Gasteiger charge is -2.11. The second kappa shape index (κ2) is 9.34. The first-order chi connectivity index (χ1) is 14.3. The van der Waals surface area contributed by atoms with Gasteiger partial charge in [0, 0.05) is 23.7 Å². The van der Waals surface area contributed by atoms with Gasteiger partial charge in [-0.25, -0.2) is 4.39 Å². The van der Waals surface area contributed by atoms with Crippen molar-refractivity contribution in [2.75, 3.05) is 12.4 Å². The van der Waals surface area contributed by atoms with E-state index < -0.39 is 0 Å². The van der Waals surface area contributed by atoms with Crippen LogP contribution in [0.5, 0.6) is 5.75 Å². The third-order valence-electron chi connectivity index (χ3n) is 4.23. The molecule has 2 heterocycles. The highest BCUT2D eigenvalue weighted by molar-refractivity contribution is 7.99. The Morgan fingerprint density at radius 3 is 2.55 bits per heavy atom. The van der Waals surface area contributed by atoms with E-state index in [1.54, 1.807) is 30.6 Å². The first-order valence-corrected chi connectivity index (χ1v) is 10.2. The molecule has 0 radical (unpaired) electrons. The minimum Gasteiger partial charge on any atom is -0.490 e. The number of halogens is 1. The van der Waals surface area contributed by atoms with Crippen LogP contribution in [-0.2, 0) is 6.54 Å². The molecule has 0 aliphatic heterocycles. The van der Waals surface area contributed by atoms with Crippen molar-refractivity contribution in [2.24, 2.45) is 0 Å². The molecule has 4 aromatic rings. The Morgan fingerprint density at radius 2 is 1.76 bits per heavy atom. The van der Waals surface area contributed by atoms with Gasteiger partial charge in [0.05, 0.1) is 13.2 Å². The fourth-order valence-electron chi connectivity index (χ4n) is 2.86. The normalized spacial score (nSPS) is 10.8. The molecule has 0 spiro atoms. The number of pyridine rings is 1. The summed E-state index contributed by atoms with van der Waals surface area (Å²) in [5.74, 6) is 1.28. The predicted molar refractivity (Wildman–Crippen MR) is 111 cm³/mol. The van der Waals surface area contributed by atoms with Crippen LogP contribution in [0.4, 0.5) is 4.39 Å². The number of para-hydroxylation sites is 1. The van der Waals surface area contributed by atoms with Crippen molar-refractivity contribution in [2.45, 2.75) is 11.7 Å². The average Bonchev–Trinajstić information content (AvgIpc) is 3.16. The molecule has 146 valence electrons. The Labute approximate surface area is 172 Å². The van der Waals surface area contributed by atoms with Crippen LogP contribution in [0.3, 0.4) is 0 Å². The van der Waals surface area contributed by atoms with Gasteiger partial charge in [0.25, 0.3) is 0 Å². The molecule has 0 saturated carbocycles. The van der Waals surface area contributed by atoms with E-state index in [9.17, 15) is 4.39 Å². The second-order valence-electron chi connectivity index (χ2n) is 6.25. The maximum absolute atomic E-state index is 13.7. The summed E-state index contributed by atoms with van der Waals surface area (Å²) >= 11 is 1.53. The molecule has 0 unspecified atom stereocenters. The van der Waals surface area contributed by atoms with Crippen molar-refractivity contribution < 1.29 is 9.13 Å². The summed E-state index contributed by atoms with van der Waals surface area (Å²) in [6.07, 6.45) is 3.51. The van der Waals surface area contributed by atoms with E-state index in [0.717, 1.165) is 22.1 Å². The van der Waals surface area contributed by atoms with Gasteiger partial charge in [-0.3, -0.25) is 9.55 Å². The quantitative estimate of drug-likeness (QED) is 0.314. The van der Waals surface area contributed by atoms with Crippen molar-refractivity contribution in [3.63, 3.8) is 0 Å². The van der Waals surface area contributed by atoms with Crippen LogP contribution < -0.4 is 4.74 Å². The summed E-state index contributed by atoms with van der Waals surface area (Å²) in [7, 11) is 0. The number of rotatable bonds is 8. The number of ether oxygens (including phenoxy) is 1. The summed E-state index contributed by atoms with van der Waals surface area (Å²) in [4.78, 5) is 4.19. The fraction of sp³-hybridized carbons (Fsp3) is 0.136. The van der Waals surface area contributed by atoms with Crippen LogP contribution in [0.2, 0.25) is 0 Å². The zero-order valence-electron chi connectivity index (χ0n) is 15.6. The largest absolute Gasteiger partial charge is 0.490 e. The third kappa shape index (κ3) is 4.81. The van der Waals surface area contributed by atoms with Crippen molar-refractivity contribution in [1.29, 1.82) is 0 Å². The zero-order valence-corrected chi connectivity index (χ0v) is 16.4. The molecule has 2 aromatic carbocycles. The third-order valence-corrected chi connectivity index (χ3v) is 5.16. The molecule has 0 N–H and O–H groups in total. The highest BCUT2D eigenvalue weighted by Crippen LogP contribution is 2.25. The molecule has 0 atom stereocenters. The topological polar surface area (TPSA) is 52.8 Å². The van der Waals surface area contributed by atoms with Crippen molar-refractivity contribution in [3.8, 4) is 17.1 Å². The molecule has 0 saturated heterocycles. The Kier molecular flexibility index (Phi) is 6.16. The molecular weight excluding hydrogens is 387 g/mol. The molecule has 7 heteroatoms. The number of benzene rings is 2. The highest BCUT2D eigenvalue weighted by Gasteiger charge is 2.15. The summed E-state index contributed by atoms with van der Waals surface area (Å²) in [5, 5.41) is 9.54. The maximum Gasteiger partial charge on any atom is 0.191 e. The standard InChI is InChI=1S/C22H19FN4OS/c23-19-10-4-5-11-20(19)28-13-14-29-22-26-25-21(18-9-6-12-24-15-18)27(22)16-17-7-2-1-3-8-17/h1-12,15H,13-14,16H2. The smallest absolute Gasteiger partial charge is 0.191 e. The van der Waals surface area contributed by atoms with Crippen LogP contribution in [0.1, 0.15) is 5.56 Å². The van der Waals surface area contributed by atoms with Gasteiger partial charge >= 0.3 is 0 Å². The SMILES string of the molecule is Fc1ccccc1OCCSc1nnc(-c2cccnc2)n1Cc1ccccc1. The van der Waals surface area contributed by atoms with Gasteiger partial charge in [-0.1, -0.05) is 54.2 Å². The minimum atomic E-state index is -0.358. The number of thioether (sulfide) groups is 1. The number of hydrogen-bond donors (Lipinski definition) is 0. The molecule has 0 aliphatic carbocycles. The Bertz CT molecular complexity index is 1060. The molecule has 5 nitrogen and oxygen atoms in total. The van der Waals surface area contributed by atoms with Crippen LogP contribution >= 0.6 is 11.8 Å². The van der Waals surface area contributed by atoms with Gasteiger partial charge < -0.3 is 4.74 Å². The van der Waals surface area contributed by atoms with Crippen LogP contribution in [0.25, 0.3) is 11.4 Å². The first-order valence-electron chi connectivity index (χ1n) is 9.19. The predicted octanol–water partition coefficient (Wildman–Crippen LogP) is 4.70. The van der Waals surface area contributed by atoms with E-state index in [0.29, 0.717) is 18.9 Å². The molecule has 2 aromatic heterocycles. The molecule has 0 bridgehead atoms. The van der Waals surface area contributed by atoms with Crippen LogP contribution in [0.15, 0.2) is 84.3 Å². The number of hydrogen-bond acceptors (Lipinski definition) is 5. The highest BCUT2D eigenvalue weighted by atomic mass is 32.2. The summed E-state index contributed by atoms with van der Waals surface area (Å²) < 4.78 is 21.3. The van der Waals surface area contributed by atoms with E-state index in [2.05, 4.69) is 31.9 Å². The lowest BCUT2D eigenvalue weighted by Crippen LogP contribution is -2.06. The van der Waals surface area contributed by atoms with Crippen LogP contribution in [0, 0.1) is 5.82 Å². The van der Waals surface area contributed by atoms with Crippen molar-refractivity contribution in [3.05, 3.63) is 90.5 Å². The molecule has 0 amide bonds. The molecule has 29 heavy (non-hydrogen) atoms. The minimum absolute atomic E-state index is 0.259. The van der Waals surface area contributed by atoms with E-state index in [1.165, 1.54) is 17.8 Å². The van der Waals surface area contributed by atoms with Gasteiger partial charge in [0.1, 0.15) is 0 Å². The van der Waals surface area contributed by atoms with Gasteiger partial charge in [0.2, 0.25) is 0 Å². The molecular formula is C22H19FN4OS. The second-order valence-corrected chi connectivity index (χ2v) is 7.31. The van der Waals surface area contributed by atoms with Gasteiger partial charge in [0.15, 0.2) is 22.5 Å². The summed E-state index contributed by atoms with van der Waals surface area (Å²) in [5.41, 5.74) is 2.06. The fourth-order valence-corrected chi connectivity index (χ4v) is 3.61. The van der Waals surface area contributed by atoms with E-state index in [4.69, 9.17) is 4.74 Å². The first kappa shape index (κ1) is 19.1. The molecule has 0 fully saturated rings. The summed E-state index contributed by atoms with van der Waals surface area (Å²) in [6, 6.07) is 20.4. The van der Waals surface area contributed by atoms with E-state index >= 15 is 0 Å². The maximum atomic E-state index is 13.7. The zero-order chi connectivity index (χ0) is 19.9. The average molecular weight is 406 g/mol. The Balaban J connectivity index is 1.50. The van der Waals surface area contributed by atoms with Gasteiger partial charge in [-0.05, 0) is 29.8 Å². The summed E-state index contributed by atoms with van der Waals surface area (Å²) in [6.45, 7) is 1.01. The van der Waals surface area contributed by atoms with Gasteiger partial charge in [-0.2, -0.15) is 0 Å². The number of nitrogens with zero attached hydrogens (tertiary/aromatic N) is 4. The lowest BCUT2D eigenvalue weighted by molar-refractivity contribution is 0.325. The van der Waals surface area contributed by atoms with Crippen LogP contribution in [-0.4, -0.2) is 32.1 Å². The van der Waals surface area contributed by atoms with Gasteiger partial charge in [-0.15, -0.1) is 10.2 Å². The molecule has 0 aliphatic rings. The number of aromatic nitrogens is 4. The van der Waals surface area contributed by atoms with Crippen molar-refractivity contribution in [1.82, 2.24) is 19.7 Å². The monoisotopic (exact) mass is 406 g/mol. The molecule has 4 rings (SSSR count). The van der Waals surface area contributed by atoms with E-state index in [1.807, 2.05) is 30.3 Å². The Morgan fingerprint density at radius 1 is 0.931 bits per heavy atom. The Hall–Kier alpha value is -3.19. The van der Waals surface area contributed by atoms with Crippen molar-refractivity contribution >= 4 is 11.8 Å².